The third kappa shape index (κ3) is 4.56. The van der Waals surface area contributed by atoms with Gasteiger partial charge in [0.15, 0.2) is 11.5 Å². The Labute approximate surface area is 197 Å². The zero-order valence-corrected chi connectivity index (χ0v) is 18.6. The van der Waals surface area contributed by atoms with Crippen molar-refractivity contribution in [1.29, 1.82) is 0 Å². The van der Waals surface area contributed by atoms with Crippen molar-refractivity contribution in [3.8, 4) is 5.75 Å². The number of rotatable bonds is 3. The molecule has 7 heteroatoms. The number of amides is 2. The van der Waals surface area contributed by atoms with Gasteiger partial charge in [-0.1, -0.05) is 41.9 Å². The average Bonchev–Trinajstić information content (AvgIpc) is 2.84. The summed E-state index contributed by atoms with van der Waals surface area (Å²) in [6.45, 7) is 2.83. The van der Waals surface area contributed by atoms with Crippen molar-refractivity contribution in [3.63, 3.8) is 0 Å². The number of hydrogen-bond acceptors (Lipinski definition) is 4. The molecule has 3 aromatic rings. The van der Waals surface area contributed by atoms with Crippen molar-refractivity contribution >= 4 is 40.9 Å². The van der Waals surface area contributed by atoms with Gasteiger partial charge in [0.2, 0.25) is 0 Å². The van der Waals surface area contributed by atoms with E-state index in [-0.39, 0.29) is 17.6 Å². The van der Waals surface area contributed by atoms with Gasteiger partial charge in [-0.2, -0.15) is 0 Å². The fourth-order valence-corrected chi connectivity index (χ4v) is 4.23. The molecule has 0 radical (unpaired) electrons. The van der Waals surface area contributed by atoms with Gasteiger partial charge in [0, 0.05) is 42.5 Å². The van der Waals surface area contributed by atoms with E-state index in [2.05, 4.69) is 22.3 Å². The number of carbonyl (C=O) groups excluding carboxylic acids is 2. The van der Waals surface area contributed by atoms with Gasteiger partial charge in [-0.15, -0.1) is 0 Å². The van der Waals surface area contributed by atoms with Crippen LogP contribution in [-0.2, 0) is 4.79 Å². The van der Waals surface area contributed by atoms with E-state index in [1.807, 2.05) is 29.2 Å². The third-order valence-corrected chi connectivity index (χ3v) is 5.99. The summed E-state index contributed by atoms with van der Waals surface area (Å²) in [5.41, 5.74) is 2.93. The van der Waals surface area contributed by atoms with Crippen LogP contribution in [0.25, 0.3) is 6.08 Å². The van der Waals surface area contributed by atoms with Gasteiger partial charge in [-0.3, -0.25) is 9.59 Å². The van der Waals surface area contributed by atoms with E-state index in [0.29, 0.717) is 35.1 Å². The van der Waals surface area contributed by atoms with Crippen LogP contribution in [0.3, 0.4) is 0 Å². The van der Waals surface area contributed by atoms with Crippen molar-refractivity contribution in [1.82, 2.24) is 4.90 Å². The smallest absolute Gasteiger partial charge is 0.291 e. The number of benzene rings is 3. The van der Waals surface area contributed by atoms with E-state index in [0.717, 1.165) is 18.7 Å². The van der Waals surface area contributed by atoms with Crippen LogP contribution in [0.15, 0.2) is 78.6 Å². The molecule has 0 saturated carbocycles. The minimum absolute atomic E-state index is 0.0555. The Balaban J connectivity index is 1.28. The molecule has 1 N–H and O–H groups in total. The zero-order valence-electron chi connectivity index (χ0n) is 17.8. The lowest BCUT2D eigenvalue weighted by atomic mass is 10.1. The van der Waals surface area contributed by atoms with Crippen molar-refractivity contribution in [2.75, 3.05) is 36.4 Å². The first-order chi connectivity index (χ1) is 16.1. The fourth-order valence-electron chi connectivity index (χ4n) is 4.03. The molecule has 166 valence electrons. The maximum absolute atomic E-state index is 13.1. The summed E-state index contributed by atoms with van der Waals surface area (Å²) < 4.78 is 5.81. The second-order valence-corrected chi connectivity index (χ2v) is 8.38. The summed E-state index contributed by atoms with van der Waals surface area (Å²) in [6, 6.07) is 22.5. The van der Waals surface area contributed by atoms with Crippen LogP contribution in [0.2, 0.25) is 5.02 Å². The minimum atomic E-state index is -0.372. The van der Waals surface area contributed by atoms with Gasteiger partial charge in [-0.25, -0.2) is 0 Å². The Kier molecular flexibility index (Phi) is 5.75. The summed E-state index contributed by atoms with van der Waals surface area (Å²) in [6.07, 6.45) is 1.63. The van der Waals surface area contributed by atoms with Gasteiger partial charge >= 0.3 is 0 Å². The number of halogens is 1. The Morgan fingerprint density at radius 1 is 0.939 bits per heavy atom. The predicted octanol–water partition coefficient (Wildman–Crippen LogP) is 4.67. The standard InChI is InChI=1S/C26H22ClN3O3/c27-20-6-4-5-18(15-20)16-24-25(31)28-22-17-19(9-10-23(22)33-24)26(32)30-13-11-29(12-14-30)21-7-2-1-3-8-21/h1-10,15-17H,11-14H2,(H,28,31). The zero-order chi connectivity index (χ0) is 22.8. The van der Waals surface area contributed by atoms with Crippen LogP contribution in [0.1, 0.15) is 15.9 Å². The lowest BCUT2D eigenvalue weighted by Crippen LogP contribution is -2.48. The molecule has 5 rings (SSSR count). The SMILES string of the molecule is O=C1Nc2cc(C(=O)N3CCN(c4ccccc4)CC3)ccc2OC1=Cc1cccc(Cl)c1. The number of fused-ring (bicyclic) bond motifs is 1. The van der Waals surface area contributed by atoms with Crippen LogP contribution in [0, 0.1) is 0 Å². The molecule has 2 heterocycles. The molecule has 1 fully saturated rings. The number of piperazine rings is 1. The van der Waals surface area contributed by atoms with E-state index in [4.69, 9.17) is 16.3 Å². The lowest BCUT2D eigenvalue weighted by Gasteiger charge is -2.36. The average molecular weight is 460 g/mol. The molecule has 2 amide bonds. The molecular weight excluding hydrogens is 438 g/mol. The Hall–Kier alpha value is -3.77. The van der Waals surface area contributed by atoms with Crippen LogP contribution < -0.4 is 15.0 Å². The Bertz CT molecular complexity index is 1230. The normalized spacial score (nSPS) is 16.8. The van der Waals surface area contributed by atoms with Gasteiger partial charge in [0.05, 0.1) is 5.69 Å². The predicted molar refractivity (Wildman–Crippen MR) is 130 cm³/mol. The molecule has 0 aliphatic carbocycles. The molecule has 6 nitrogen and oxygen atoms in total. The third-order valence-electron chi connectivity index (χ3n) is 5.75. The topological polar surface area (TPSA) is 61.9 Å². The number of carbonyl (C=O) groups is 2. The summed E-state index contributed by atoms with van der Waals surface area (Å²) in [4.78, 5) is 29.8. The highest BCUT2D eigenvalue weighted by Crippen LogP contribution is 2.33. The van der Waals surface area contributed by atoms with Gasteiger partial charge in [0.25, 0.3) is 11.8 Å². The molecule has 3 aromatic carbocycles. The Morgan fingerprint density at radius 2 is 1.73 bits per heavy atom. The first kappa shape index (κ1) is 21.1. The minimum Gasteiger partial charge on any atom is -0.449 e. The number of para-hydroxylation sites is 1. The monoisotopic (exact) mass is 459 g/mol. The summed E-state index contributed by atoms with van der Waals surface area (Å²) in [5, 5.41) is 3.40. The van der Waals surface area contributed by atoms with Crippen LogP contribution in [-0.4, -0.2) is 42.9 Å². The molecule has 0 spiro atoms. The first-order valence-electron chi connectivity index (χ1n) is 10.8. The van der Waals surface area contributed by atoms with Crippen LogP contribution >= 0.6 is 11.6 Å². The molecule has 2 aliphatic heterocycles. The molecule has 2 aliphatic rings. The van der Waals surface area contributed by atoms with Crippen LogP contribution in [0.5, 0.6) is 5.75 Å². The molecule has 0 atom stereocenters. The van der Waals surface area contributed by atoms with Crippen molar-refractivity contribution in [3.05, 3.63) is 94.7 Å². The summed E-state index contributed by atoms with van der Waals surface area (Å²) >= 11 is 6.02. The Morgan fingerprint density at radius 3 is 2.48 bits per heavy atom. The van der Waals surface area contributed by atoms with Crippen molar-refractivity contribution in [2.24, 2.45) is 0 Å². The van der Waals surface area contributed by atoms with Gasteiger partial charge in [-0.05, 0) is 54.1 Å². The van der Waals surface area contributed by atoms with Crippen molar-refractivity contribution < 1.29 is 14.3 Å². The van der Waals surface area contributed by atoms with Crippen molar-refractivity contribution in [2.45, 2.75) is 0 Å². The number of nitrogens with one attached hydrogen (secondary N) is 1. The molecule has 1 saturated heterocycles. The second kappa shape index (κ2) is 9.00. The molecule has 0 bridgehead atoms. The summed E-state index contributed by atoms with van der Waals surface area (Å²) in [7, 11) is 0. The fraction of sp³-hybridized carbons (Fsp3) is 0.154. The molecule has 33 heavy (non-hydrogen) atoms. The maximum Gasteiger partial charge on any atom is 0.291 e. The number of ether oxygens (including phenoxy) is 1. The lowest BCUT2D eigenvalue weighted by molar-refractivity contribution is -0.115. The van der Waals surface area contributed by atoms with E-state index in [1.165, 1.54) is 5.69 Å². The van der Waals surface area contributed by atoms with Gasteiger partial charge in [0.1, 0.15) is 0 Å². The quantitative estimate of drug-likeness (QED) is 0.578. The van der Waals surface area contributed by atoms with Gasteiger partial charge < -0.3 is 19.9 Å². The molecule has 0 unspecified atom stereocenters. The van der Waals surface area contributed by atoms with E-state index >= 15 is 0 Å². The number of hydrogen-bond donors (Lipinski definition) is 1. The highest BCUT2D eigenvalue weighted by molar-refractivity contribution is 6.30. The number of anilines is 2. The maximum atomic E-state index is 13.1. The highest BCUT2D eigenvalue weighted by Gasteiger charge is 2.26. The second-order valence-electron chi connectivity index (χ2n) is 7.95. The van der Waals surface area contributed by atoms with E-state index in [1.54, 1.807) is 42.5 Å². The molecule has 0 aromatic heterocycles. The molecular formula is C26H22ClN3O3. The van der Waals surface area contributed by atoms with E-state index < -0.39 is 0 Å². The highest BCUT2D eigenvalue weighted by atomic mass is 35.5. The van der Waals surface area contributed by atoms with Crippen LogP contribution in [0.4, 0.5) is 11.4 Å². The summed E-state index contributed by atoms with van der Waals surface area (Å²) in [5.74, 6) is 0.234. The number of nitrogens with zero attached hydrogens (tertiary/aromatic N) is 2. The van der Waals surface area contributed by atoms with E-state index in [9.17, 15) is 9.59 Å². The largest absolute Gasteiger partial charge is 0.449 e. The first-order valence-corrected chi connectivity index (χ1v) is 11.1.